The van der Waals surface area contributed by atoms with Crippen LogP contribution in [0.25, 0.3) is 21.5 Å². The van der Waals surface area contributed by atoms with Gasteiger partial charge in [-0.2, -0.15) is 0 Å². The van der Waals surface area contributed by atoms with Crippen LogP contribution in [0.2, 0.25) is 0 Å². The highest BCUT2D eigenvalue weighted by atomic mass is 16.5. The molecule has 6 heteroatoms. The van der Waals surface area contributed by atoms with Crippen molar-refractivity contribution in [3.8, 4) is 23.0 Å². The van der Waals surface area contributed by atoms with Gasteiger partial charge in [0.05, 0.1) is 25.0 Å². The van der Waals surface area contributed by atoms with Crippen molar-refractivity contribution < 1.29 is 28.5 Å². The van der Waals surface area contributed by atoms with Crippen LogP contribution >= 0.6 is 0 Å². The molecule has 0 atom stereocenters. The highest BCUT2D eigenvalue weighted by Gasteiger charge is 2.30. The molecule has 0 aliphatic heterocycles. The molecular weight excluding hydrogens is 384 g/mol. The standard InChI is InChI=1S/C24H22O6/c1-13(25)29-23-17-11-7-8-12-18(17)24(30-14(2)26)20-19(23)21(27-3)15-9-5-6-10-16(15)22(20)28-4/h5-10H,11-12H2,1-4H3. The Kier molecular flexibility index (Phi) is 5.08. The van der Waals surface area contributed by atoms with Crippen LogP contribution in [0.15, 0.2) is 36.4 Å². The van der Waals surface area contributed by atoms with Gasteiger partial charge in [0.25, 0.3) is 0 Å². The number of fused-ring (bicyclic) bond motifs is 3. The molecule has 1 aliphatic rings. The van der Waals surface area contributed by atoms with Crippen LogP contribution in [0.3, 0.4) is 0 Å². The quantitative estimate of drug-likeness (QED) is 0.275. The van der Waals surface area contributed by atoms with Gasteiger partial charge in [-0.15, -0.1) is 0 Å². The van der Waals surface area contributed by atoms with E-state index in [1.807, 2.05) is 36.4 Å². The summed E-state index contributed by atoms with van der Waals surface area (Å²) in [5.74, 6) is 0.999. The zero-order valence-corrected chi connectivity index (χ0v) is 17.3. The number of hydrogen-bond acceptors (Lipinski definition) is 6. The topological polar surface area (TPSA) is 71.1 Å². The first-order chi connectivity index (χ1) is 14.5. The van der Waals surface area contributed by atoms with Gasteiger partial charge in [0.2, 0.25) is 0 Å². The Morgan fingerprint density at radius 3 is 1.43 bits per heavy atom. The lowest BCUT2D eigenvalue weighted by atomic mass is 9.88. The van der Waals surface area contributed by atoms with Crippen molar-refractivity contribution in [3.63, 3.8) is 0 Å². The molecule has 0 spiro atoms. The van der Waals surface area contributed by atoms with Gasteiger partial charge in [-0.3, -0.25) is 9.59 Å². The number of carbonyl (C=O) groups excluding carboxylic acids is 2. The first-order valence-corrected chi connectivity index (χ1v) is 9.63. The van der Waals surface area contributed by atoms with Crippen LogP contribution in [0, 0.1) is 0 Å². The van der Waals surface area contributed by atoms with E-state index in [-0.39, 0.29) is 0 Å². The second-order valence-electron chi connectivity index (χ2n) is 7.04. The first kappa shape index (κ1) is 19.8. The maximum Gasteiger partial charge on any atom is 0.308 e. The number of carbonyl (C=O) groups is 2. The van der Waals surface area contributed by atoms with Crippen LogP contribution in [0.4, 0.5) is 0 Å². The lowest BCUT2D eigenvalue weighted by molar-refractivity contribution is -0.133. The van der Waals surface area contributed by atoms with Crippen LogP contribution in [0.5, 0.6) is 23.0 Å². The smallest absolute Gasteiger partial charge is 0.308 e. The Morgan fingerprint density at radius 1 is 0.700 bits per heavy atom. The molecule has 30 heavy (non-hydrogen) atoms. The molecule has 0 bridgehead atoms. The Bertz CT molecular complexity index is 1130. The molecule has 3 aromatic rings. The third kappa shape index (κ3) is 3.05. The fraction of sp³-hybridized carbons (Fsp3) is 0.250. The predicted molar refractivity (Wildman–Crippen MR) is 114 cm³/mol. The number of benzene rings is 3. The Labute approximate surface area is 174 Å². The van der Waals surface area contributed by atoms with Crippen LogP contribution in [-0.2, 0) is 22.4 Å². The predicted octanol–water partition coefficient (Wildman–Crippen LogP) is 4.52. The zero-order valence-electron chi connectivity index (χ0n) is 17.3. The number of rotatable bonds is 4. The molecule has 0 amide bonds. The molecule has 0 unspecified atom stereocenters. The maximum absolute atomic E-state index is 12.0. The highest BCUT2D eigenvalue weighted by Crippen LogP contribution is 2.53. The summed E-state index contributed by atoms with van der Waals surface area (Å²) in [4.78, 5) is 24.1. The van der Waals surface area contributed by atoms with Crippen LogP contribution in [-0.4, -0.2) is 26.2 Å². The highest BCUT2D eigenvalue weighted by molar-refractivity contribution is 6.17. The second-order valence-corrected chi connectivity index (χ2v) is 7.04. The average molecular weight is 406 g/mol. The molecule has 1 aliphatic carbocycles. The summed E-state index contributed by atoms with van der Waals surface area (Å²) in [5, 5.41) is 2.71. The van der Waals surface area contributed by atoms with Crippen LogP contribution < -0.4 is 18.9 Å². The van der Waals surface area contributed by atoms with Gasteiger partial charge in [-0.25, -0.2) is 0 Å². The van der Waals surface area contributed by atoms with Crippen molar-refractivity contribution in [2.75, 3.05) is 14.2 Å². The molecule has 0 heterocycles. The largest absolute Gasteiger partial charge is 0.495 e. The SMILES string of the molecule is COc1c2ccccc2c(OC)c2c(OC(C)=O)c3c(c(OC(C)=O)c12)CC=CC3. The lowest BCUT2D eigenvalue weighted by Crippen LogP contribution is -2.13. The third-order valence-electron chi connectivity index (χ3n) is 5.20. The fourth-order valence-corrected chi connectivity index (χ4v) is 4.16. The average Bonchev–Trinajstić information content (AvgIpc) is 2.73. The van der Waals surface area contributed by atoms with E-state index in [4.69, 9.17) is 18.9 Å². The third-order valence-corrected chi connectivity index (χ3v) is 5.20. The van der Waals surface area contributed by atoms with Gasteiger partial charge in [-0.05, 0) is 12.8 Å². The van der Waals surface area contributed by atoms with Gasteiger partial charge in [0.1, 0.15) is 23.0 Å². The Morgan fingerprint density at radius 2 is 1.10 bits per heavy atom. The number of methoxy groups -OCH3 is 2. The number of hydrogen-bond donors (Lipinski definition) is 0. The number of esters is 2. The zero-order chi connectivity index (χ0) is 21.4. The van der Waals surface area contributed by atoms with Crippen molar-refractivity contribution in [2.45, 2.75) is 26.7 Å². The van der Waals surface area contributed by atoms with Gasteiger partial charge in [-0.1, -0.05) is 36.4 Å². The van der Waals surface area contributed by atoms with E-state index in [2.05, 4.69) is 0 Å². The summed E-state index contributed by atoms with van der Waals surface area (Å²) in [5.41, 5.74) is 1.60. The van der Waals surface area contributed by atoms with E-state index < -0.39 is 11.9 Å². The second kappa shape index (κ2) is 7.71. The van der Waals surface area contributed by atoms with E-state index >= 15 is 0 Å². The molecule has 0 fully saturated rings. The Balaban J connectivity index is 2.32. The monoisotopic (exact) mass is 406 g/mol. The molecule has 154 valence electrons. The molecule has 0 saturated heterocycles. The molecule has 4 rings (SSSR count). The number of ether oxygens (including phenoxy) is 4. The van der Waals surface area contributed by atoms with Gasteiger partial charge in [0.15, 0.2) is 0 Å². The molecule has 3 aromatic carbocycles. The van der Waals surface area contributed by atoms with Crippen molar-refractivity contribution in [3.05, 3.63) is 47.5 Å². The lowest BCUT2D eigenvalue weighted by Gasteiger charge is -2.25. The number of allylic oxidation sites excluding steroid dienone is 2. The van der Waals surface area contributed by atoms with Gasteiger partial charge in [0, 0.05) is 35.7 Å². The maximum atomic E-state index is 12.0. The summed E-state index contributed by atoms with van der Waals surface area (Å²) in [6.45, 7) is 2.73. The van der Waals surface area contributed by atoms with E-state index in [0.29, 0.717) is 46.6 Å². The Hall–Kier alpha value is -3.54. The summed E-state index contributed by atoms with van der Waals surface area (Å²) in [7, 11) is 3.13. The minimum Gasteiger partial charge on any atom is -0.495 e. The normalized spacial score (nSPS) is 12.5. The summed E-state index contributed by atoms with van der Waals surface area (Å²) in [6, 6.07) is 7.63. The molecule has 0 radical (unpaired) electrons. The summed E-state index contributed by atoms with van der Waals surface area (Å²) >= 11 is 0. The summed E-state index contributed by atoms with van der Waals surface area (Å²) < 4.78 is 23.1. The van der Waals surface area contributed by atoms with Crippen molar-refractivity contribution in [2.24, 2.45) is 0 Å². The molecule has 0 N–H and O–H groups in total. The van der Waals surface area contributed by atoms with Crippen molar-refractivity contribution in [1.29, 1.82) is 0 Å². The summed E-state index contributed by atoms with van der Waals surface area (Å²) in [6.07, 6.45) is 5.09. The van der Waals surface area contributed by atoms with Gasteiger partial charge < -0.3 is 18.9 Å². The van der Waals surface area contributed by atoms with Crippen molar-refractivity contribution >= 4 is 33.5 Å². The van der Waals surface area contributed by atoms with Crippen LogP contribution in [0.1, 0.15) is 25.0 Å². The molecule has 0 aromatic heterocycles. The van der Waals surface area contributed by atoms with E-state index in [0.717, 1.165) is 21.9 Å². The minimum absolute atomic E-state index is 0.411. The molecule has 0 saturated carbocycles. The molecule has 6 nitrogen and oxygen atoms in total. The van der Waals surface area contributed by atoms with Crippen molar-refractivity contribution in [1.82, 2.24) is 0 Å². The molecular formula is C24H22O6. The minimum atomic E-state index is -0.442. The van der Waals surface area contributed by atoms with E-state index in [1.165, 1.54) is 13.8 Å². The van der Waals surface area contributed by atoms with Gasteiger partial charge >= 0.3 is 11.9 Å². The van der Waals surface area contributed by atoms with E-state index in [1.54, 1.807) is 14.2 Å². The fourth-order valence-electron chi connectivity index (χ4n) is 4.16. The first-order valence-electron chi connectivity index (χ1n) is 9.63. The van der Waals surface area contributed by atoms with E-state index in [9.17, 15) is 9.59 Å².